The molecule has 0 spiro atoms. The van der Waals surface area contributed by atoms with Gasteiger partial charge in [0.1, 0.15) is 12.4 Å². The van der Waals surface area contributed by atoms with Crippen LogP contribution in [0.3, 0.4) is 0 Å². The van der Waals surface area contributed by atoms with Gasteiger partial charge in [0.25, 0.3) is 0 Å². The first kappa shape index (κ1) is 24.3. The normalized spacial score (nSPS) is 17.1. The summed E-state index contributed by atoms with van der Waals surface area (Å²) in [6, 6.07) is 22.5. The molecule has 2 N–H and O–H groups in total. The molecule has 0 unspecified atom stereocenters. The molecule has 3 aromatic rings. The van der Waals surface area contributed by atoms with Gasteiger partial charge in [0.05, 0.1) is 13.2 Å². The van der Waals surface area contributed by atoms with E-state index in [9.17, 15) is 9.90 Å². The van der Waals surface area contributed by atoms with Crippen molar-refractivity contribution in [3.05, 3.63) is 89.0 Å². The number of hydrogen-bond acceptors (Lipinski definition) is 5. The van der Waals surface area contributed by atoms with Gasteiger partial charge in [-0.1, -0.05) is 60.0 Å². The van der Waals surface area contributed by atoms with Gasteiger partial charge in [0.2, 0.25) is 0 Å². The third-order valence-corrected chi connectivity index (χ3v) is 7.29. The first-order valence-electron chi connectivity index (χ1n) is 11.7. The lowest BCUT2D eigenvalue weighted by Crippen LogP contribution is -2.60. The molecule has 36 heavy (non-hydrogen) atoms. The van der Waals surface area contributed by atoms with Crippen LogP contribution in [0.15, 0.2) is 76.5 Å². The van der Waals surface area contributed by atoms with Crippen molar-refractivity contribution in [2.45, 2.75) is 48.0 Å². The minimum absolute atomic E-state index is 0.112. The maximum atomic E-state index is 11.4. The summed E-state index contributed by atoms with van der Waals surface area (Å²) in [7, 11) is 0. The Balaban J connectivity index is 1.31. The molecule has 2 aliphatic heterocycles. The number of carbonyl (C=O) groups is 1. The second-order valence-corrected chi connectivity index (χ2v) is 10.5. The lowest BCUT2D eigenvalue weighted by molar-refractivity contribution is -0.262. The number of rotatable bonds is 4. The van der Waals surface area contributed by atoms with E-state index in [0.29, 0.717) is 6.61 Å². The van der Waals surface area contributed by atoms with Crippen LogP contribution in [0.2, 0.25) is 0 Å². The second-order valence-electron chi connectivity index (χ2n) is 9.38. The van der Waals surface area contributed by atoms with Crippen LogP contribution < -0.4 is 10.1 Å². The molecule has 2 aliphatic rings. The zero-order valence-electron chi connectivity index (χ0n) is 20.2. The highest BCUT2D eigenvalue weighted by molar-refractivity contribution is 7.99. The van der Waals surface area contributed by atoms with Gasteiger partial charge < -0.3 is 24.6 Å². The third kappa shape index (κ3) is 5.68. The number of carboxylic acid groups (broad SMARTS) is 1. The molecule has 0 saturated carbocycles. The Morgan fingerprint density at radius 3 is 2.56 bits per heavy atom. The van der Waals surface area contributed by atoms with E-state index >= 15 is 0 Å². The highest BCUT2D eigenvalue weighted by Gasteiger charge is 2.40. The highest BCUT2D eigenvalue weighted by Crippen LogP contribution is 2.41. The number of nitrogens with one attached hydrogen (secondary N) is 1. The van der Waals surface area contributed by atoms with E-state index in [1.165, 1.54) is 16.0 Å². The number of fused-ring (bicyclic) bond motifs is 2. The van der Waals surface area contributed by atoms with Crippen molar-refractivity contribution in [3.8, 4) is 17.6 Å². The molecule has 1 amide bonds. The van der Waals surface area contributed by atoms with Crippen LogP contribution >= 0.6 is 11.8 Å². The van der Waals surface area contributed by atoms with Crippen LogP contribution in [0.1, 0.15) is 36.1 Å². The average Bonchev–Trinajstić information content (AvgIpc) is 2.87. The fraction of sp³-hybridized carbons (Fsp3) is 0.276. The molecule has 3 aromatic carbocycles. The molecule has 0 bridgehead atoms. The number of ether oxygens (including phenoxy) is 3. The van der Waals surface area contributed by atoms with E-state index in [1.807, 2.05) is 30.3 Å². The van der Waals surface area contributed by atoms with Crippen molar-refractivity contribution in [1.29, 1.82) is 0 Å². The van der Waals surface area contributed by atoms with E-state index in [0.717, 1.165) is 28.2 Å². The monoisotopic (exact) mass is 501 g/mol. The summed E-state index contributed by atoms with van der Waals surface area (Å²) >= 11 is 1.71. The minimum Gasteiger partial charge on any atom is -0.489 e. The zero-order chi connectivity index (χ0) is 25.2. The van der Waals surface area contributed by atoms with Gasteiger partial charge in [-0.25, -0.2) is 4.79 Å². The molecule has 7 heteroatoms. The van der Waals surface area contributed by atoms with E-state index in [2.05, 4.69) is 53.6 Å². The van der Waals surface area contributed by atoms with Crippen molar-refractivity contribution < 1.29 is 24.1 Å². The van der Waals surface area contributed by atoms with Gasteiger partial charge in [-0.2, -0.15) is 0 Å². The lowest BCUT2D eigenvalue weighted by atomic mass is 9.99. The quantitative estimate of drug-likeness (QED) is 0.362. The molecule has 6 nitrogen and oxygen atoms in total. The predicted octanol–water partition coefficient (Wildman–Crippen LogP) is 5.46. The van der Waals surface area contributed by atoms with Crippen LogP contribution in [0, 0.1) is 11.8 Å². The largest absolute Gasteiger partial charge is 0.489 e. The van der Waals surface area contributed by atoms with Gasteiger partial charge >= 0.3 is 6.09 Å². The standard InChI is InChI=1S/C29H27NO5S/c1-28(2)34-18-29(19-35-28,30-27(31)32)13-12-20-8-9-22-15-23-16-24(10-11-25(23)36-26(22)14-20)33-17-21-6-4-3-5-7-21/h3-11,14,16,30H,15,17-19H2,1-2H3,(H,31,32). The summed E-state index contributed by atoms with van der Waals surface area (Å²) in [4.78, 5) is 13.7. The van der Waals surface area contributed by atoms with Crippen LogP contribution in [0.5, 0.6) is 5.75 Å². The van der Waals surface area contributed by atoms with Crippen molar-refractivity contribution >= 4 is 17.9 Å². The molecule has 1 saturated heterocycles. The molecule has 2 heterocycles. The SMILES string of the molecule is CC1(C)OCC(C#Cc2ccc3c(c2)Sc2ccc(OCc4ccccc4)cc2C3)(NC(=O)O)CO1. The van der Waals surface area contributed by atoms with Crippen LogP contribution in [0.25, 0.3) is 0 Å². The van der Waals surface area contributed by atoms with Gasteiger partial charge in [-0.05, 0) is 67.3 Å². The fourth-order valence-corrected chi connectivity index (χ4v) is 5.16. The Hall–Kier alpha value is -3.44. The number of benzene rings is 3. The van der Waals surface area contributed by atoms with Crippen molar-refractivity contribution in [2.75, 3.05) is 13.2 Å². The minimum atomic E-state index is -1.17. The maximum Gasteiger partial charge on any atom is 0.406 e. The Morgan fingerprint density at radius 2 is 1.81 bits per heavy atom. The van der Waals surface area contributed by atoms with Gasteiger partial charge in [-0.15, -0.1) is 0 Å². The summed E-state index contributed by atoms with van der Waals surface area (Å²) < 4.78 is 17.4. The summed E-state index contributed by atoms with van der Waals surface area (Å²) in [6.07, 6.45) is -0.351. The topological polar surface area (TPSA) is 77.0 Å². The Bertz CT molecular complexity index is 1330. The first-order valence-corrected chi connectivity index (χ1v) is 12.5. The molecular weight excluding hydrogens is 474 g/mol. The Labute approximate surface area is 215 Å². The van der Waals surface area contributed by atoms with Crippen LogP contribution in [-0.4, -0.2) is 35.7 Å². The summed E-state index contributed by atoms with van der Waals surface area (Å²) in [6.45, 7) is 4.35. The van der Waals surface area contributed by atoms with E-state index in [-0.39, 0.29) is 13.2 Å². The van der Waals surface area contributed by atoms with Gasteiger partial charge in [-0.3, -0.25) is 0 Å². The maximum absolute atomic E-state index is 11.4. The molecular formula is C29H27NO5S. The molecule has 0 atom stereocenters. The van der Waals surface area contributed by atoms with E-state index < -0.39 is 17.4 Å². The number of hydrogen-bond donors (Lipinski definition) is 2. The molecule has 184 valence electrons. The first-order chi connectivity index (χ1) is 17.3. The van der Waals surface area contributed by atoms with Crippen molar-refractivity contribution in [2.24, 2.45) is 0 Å². The van der Waals surface area contributed by atoms with Crippen molar-refractivity contribution in [3.63, 3.8) is 0 Å². The molecule has 5 rings (SSSR count). The van der Waals surface area contributed by atoms with E-state index in [1.54, 1.807) is 25.6 Å². The van der Waals surface area contributed by atoms with Crippen LogP contribution in [-0.2, 0) is 22.5 Å². The number of amides is 1. The summed E-state index contributed by atoms with van der Waals surface area (Å²) in [5, 5.41) is 11.8. The van der Waals surface area contributed by atoms with Crippen LogP contribution in [0.4, 0.5) is 4.79 Å². The summed E-state index contributed by atoms with van der Waals surface area (Å²) in [5.74, 6) is 6.29. The molecule has 0 radical (unpaired) electrons. The molecule has 1 fully saturated rings. The summed E-state index contributed by atoms with van der Waals surface area (Å²) in [5.41, 5.74) is 3.29. The van der Waals surface area contributed by atoms with E-state index in [4.69, 9.17) is 14.2 Å². The fourth-order valence-electron chi connectivity index (χ4n) is 4.07. The average molecular weight is 502 g/mol. The molecule has 0 aromatic heterocycles. The smallest absolute Gasteiger partial charge is 0.406 e. The van der Waals surface area contributed by atoms with Gasteiger partial charge in [0.15, 0.2) is 11.3 Å². The third-order valence-electron chi connectivity index (χ3n) is 6.07. The lowest BCUT2D eigenvalue weighted by Gasteiger charge is -2.40. The highest BCUT2D eigenvalue weighted by atomic mass is 32.2. The van der Waals surface area contributed by atoms with Crippen molar-refractivity contribution in [1.82, 2.24) is 5.32 Å². The zero-order valence-corrected chi connectivity index (χ0v) is 21.0. The van der Waals surface area contributed by atoms with Gasteiger partial charge in [0, 0.05) is 15.4 Å². The predicted molar refractivity (Wildman–Crippen MR) is 137 cm³/mol. The molecule has 0 aliphatic carbocycles. The Morgan fingerprint density at radius 1 is 1.03 bits per heavy atom. The Kier molecular flexibility index (Phi) is 6.67. The second kappa shape index (κ2) is 9.90.